The van der Waals surface area contributed by atoms with Crippen molar-refractivity contribution < 1.29 is 26.7 Å². The van der Waals surface area contributed by atoms with Gasteiger partial charge in [0.05, 0.1) is 36.7 Å². The standard InChI is InChI=1S/C26H30F2N6O4S/c1-26(27,28)18-14-30-25(31-19-11-10-16(24(35)29-2)13-21(19)38-4)33-23(18)32-22-17-9-7-6-8-15(17)12-20(22)34(3)39(5,36)37/h6-11,13-14,20,22H,12H2,1-5H3,(H,29,35)(H2,30,31,32,33). The Morgan fingerprint density at radius 1 is 1.21 bits per heavy atom. The number of anilines is 3. The Bertz CT molecular complexity index is 1500. The third kappa shape index (κ3) is 5.93. The van der Waals surface area contributed by atoms with E-state index in [2.05, 4.69) is 25.9 Å². The highest BCUT2D eigenvalue weighted by atomic mass is 32.2. The lowest BCUT2D eigenvalue weighted by Gasteiger charge is -2.30. The number of benzene rings is 2. The maximum atomic E-state index is 14.7. The number of carbonyl (C=O) groups excluding carboxylic acids is 1. The van der Waals surface area contributed by atoms with E-state index in [9.17, 15) is 22.0 Å². The van der Waals surface area contributed by atoms with Crippen molar-refractivity contribution in [2.24, 2.45) is 0 Å². The molecule has 2 aromatic carbocycles. The smallest absolute Gasteiger partial charge is 0.275 e. The number of fused-ring (bicyclic) bond motifs is 1. The van der Waals surface area contributed by atoms with Crippen molar-refractivity contribution in [1.82, 2.24) is 19.6 Å². The second-order valence-electron chi connectivity index (χ2n) is 9.33. The summed E-state index contributed by atoms with van der Waals surface area (Å²) in [7, 11) is 0.830. The summed E-state index contributed by atoms with van der Waals surface area (Å²) in [5.74, 6) is -3.42. The van der Waals surface area contributed by atoms with Gasteiger partial charge >= 0.3 is 0 Å². The molecule has 0 radical (unpaired) electrons. The zero-order valence-electron chi connectivity index (χ0n) is 22.1. The van der Waals surface area contributed by atoms with Crippen LogP contribution in [0.3, 0.4) is 0 Å². The molecular weight excluding hydrogens is 530 g/mol. The number of ether oxygens (including phenoxy) is 1. The number of sulfonamides is 1. The maximum Gasteiger partial charge on any atom is 0.275 e. The van der Waals surface area contributed by atoms with E-state index < -0.39 is 33.6 Å². The third-order valence-electron chi connectivity index (χ3n) is 6.69. The summed E-state index contributed by atoms with van der Waals surface area (Å²) in [5.41, 5.74) is 2.04. The number of nitrogens with one attached hydrogen (secondary N) is 3. The normalized spacial score (nSPS) is 17.0. The van der Waals surface area contributed by atoms with Crippen LogP contribution in [0.25, 0.3) is 0 Å². The Hall–Kier alpha value is -3.84. The van der Waals surface area contributed by atoms with Crippen LogP contribution >= 0.6 is 0 Å². The molecule has 3 N–H and O–H groups in total. The first kappa shape index (κ1) is 28.2. The predicted molar refractivity (Wildman–Crippen MR) is 144 cm³/mol. The molecule has 3 aromatic rings. The molecule has 1 amide bonds. The topological polar surface area (TPSA) is 126 Å². The molecule has 39 heavy (non-hydrogen) atoms. The number of halogens is 2. The molecule has 2 atom stereocenters. The Morgan fingerprint density at radius 3 is 2.56 bits per heavy atom. The van der Waals surface area contributed by atoms with Gasteiger partial charge in [0.1, 0.15) is 11.6 Å². The van der Waals surface area contributed by atoms with Crippen LogP contribution in [0.4, 0.5) is 26.2 Å². The van der Waals surface area contributed by atoms with E-state index in [4.69, 9.17) is 4.74 Å². The van der Waals surface area contributed by atoms with E-state index in [1.165, 1.54) is 31.6 Å². The molecule has 4 rings (SSSR count). The molecule has 1 aromatic heterocycles. The number of carbonyl (C=O) groups is 1. The number of hydrogen-bond donors (Lipinski definition) is 3. The number of alkyl halides is 2. The fraction of sp³-hybridized carbons (Fsp3) is 0.346. The zero-order valence-corrected chi connectivity index (χ0v) is 22.9. The van der Waals surface area contributed by atoms with E-state index in [-0.39, 0.29) is 17.7 Å². The molecule has 1 aliphatic carbocycles. The molecule has 1 heterocycles. The van der Waals surface area contributed by atoms with Gasteiger partial charge in [-0.1, -0.05) is 24.3 Å². The van der Waals surface area contributed by atoms with Crippen molar-refractivity contribution in [3.8, 4) is 5.75 Å². The molecular formula is C26H30F2N6O4S. The van der Waals surface area contributed by atoms with Gasteiger partial charge in [-0.3, -0.25) is 4.79 Å². The summed E-state index contributed by atoms with van der Waals surface area (Å²) in [4.78, 5) is 20.4. The fourth-order valence-corrected chi connectivity index (χ4v) is 5.24. The first-order chi connectivity index (χ1) is 18.3. The van der Waals surface area contributed by atoms with Gasteiger partial charge in [-0.15, -0.1) is 0 Å². The van der Waals surface area contributed by atoms with Crippen molar-refractivity contribution in [1.29, 1.82) is 0 Å². The molecule has 0 fully saturated rings. The van der Waals surface area contributed by atoms with Gasteiger partial charge in [0.2, 0.25) is 16.0 Å². The first-order valence-corrected chi connectivity index (χ1v) is 13.9. The highest BCUT2D eigenvalue weighted by molar-refractivity contribution is 7.88. The molecule has 0 spiro atoms. The lowest BCUT2D eigenvalue weighted by atomic mass is 10.1. The van der Waals surface area contributed by atoms with Gasteiger partial charge in [-0.25, -0.2) is 22.2 Å². The molecule has 0 bridgehead atoms. The molecule has 0 saturated heterocycles. The number of aromatic nitrogens is 2. The Balaban J connectivity index is 1.74. The minimum atomic E-state index is -3.58. The lowest BCUT2D eigenvalue weighted by Crippen LogP contribution is -2.41. The van der Waals surface area contributed by atoms with Crippen molar-refractivity contribution in [2.45, 2.75) is 31.4 Å². The number of nitrogens with zero attached hydrogens (tertiary/aromatic N) is 3. The minimum absolute atomic E-state index is 0.00390. The number of rotatable bonds is 9. The van der Waals surface area contributed by atoms with Crippen LogP contribution in [-0.4, -0.2) is 62.1 Å². The first-order valence-electron chi connectivity index (χ1n) is 12.0. The number of methoxy groups -OCH3 is 1. The Kier molecular flexibility index (Phi) is 7.75. The highest BCUT2D eigenvalue weighted by Crippen LogP contribution is 2.40. The van der Waals surface area contributed by atoms with E-state index in [1.54, 1.807) is 12.1 Å². The summed E-state index contributed by atoms with van der Waals surface area (Å²) >= 11 is 0. The third-order valence-corrected chi connectivity index (χ3v) is 8.00. The average molecular weight is 561 g/mol. The monoisotopic (exact) mass is 560 g/mol. The van der Waals surface area contributed by atoms with Crippen LogP contribution in [0, 0.1) is 0 Å². The SMILES string of the molecule is CNC(=O)c1ccc(Nc2ncc(C(C)(F)F)c(NC3c4ccccc4CC3N(C)S(C)(=O)=O)n2)c(OC)c1. The van der Waals surface area contributed by atoms with Gasteiger partial charge < -0.3 is 20.7 Å². The number of likely N-dealkylation sites (N-methyl/N-ethyl adjacent to an activating group) is 1. The second kappa shape index (κ2) is 10.7. The van der Waals surface area contributed by atoms with Crippen molar-refractivity contribution in [2.75, 3.05) is 38.1 Å². The minimum Gasteiger partial charge on any atom is -0.495 e. The van der Waals surface area contributed by atoms with E-state index in [0.717, 1.165) is 30.5 Å². The lowest BCUT2D eigenvalue weighted by molar-refractivity contribution is 0.0175. The van der Waals surface area contributed by atoms with Gasteiger partial charge in [-0.05, 0) is 35.7 Å². The predicted octanol–water partition coefficient (Wildman–Crippen LogP) is 3.67. The summed E-state index contributed by atoms with van der Waals surface area (Å²) in [6, 6.07) is 10.8. The van der Waals surface area contributed by atoms with Crippen LogP contribution in [0.5, 0.6) is 5.75 Å². The summed E-state index contributed by atoms with van der Waals surface area (Å²) in [6.07, 6.45) is 2.54. The fourth-order valence-electron chi connectivity index (χ4n) is 4.55. The number of amides is 1. The van der Waals surface area contributed by atoms with Crippen LogP contribution in [0.15, 0.2) is 48.7 Å². The molecule has 208 valence electrons. The van der Waals surface area contributed by atoms with E-state index in [0.29, 0.717) is 23.4 Å². The molecule has 0 saturated carbocycles. The second-order valence-corrected chi connectivity index (χ2v) is 11.4. The van der Waals surface area contributed by atoms with Crippen molar-refractivity contribution in [3.05, 3.63) is 70.9 Å². The average Bonchev–Trinajstić information content (AvgIpc) is 3.25. The van der Waals surface area contributed by atoms with Gasteiger partial charge in [0.25, 0.3) is 11.8 Å². The van der Waals surface area contributed by atoms with Crippen LogP contribution in [0.2, 0.25) is 0 Å². The van der Waals surface area contributed by atoms with Crippen LogP contribution in [0.1, 0.15) is 40.0 Å². The number of hydrogen-bond acceptors (Lipinski definition) is 8. The van der Waals surface area contributed by atoms with Gasteiger partial charge in [-0.2, -0.15) is 9.29 Å². The highest BCUT2D eigenvalue weighted by Gasteiger charge is 2.40. The summed E-state index contributed by atoms with van der Waals surface area (Å²) in [6.45, 7) is 0.743. The quantitative estimate of drug-likeness (QED) is 0.362. The molecule has 2 unspecified atom stereocenters. The maximum absolute atomic E-state index is 14.7. The Labute approximate surface area is 225 Å². The van der Waals surface area contributed by atoms with E-state index in [1.807, 2.05) is 24.3 Å². The molecule has 0 aliphatic heterocycles. The largest absolute Gasteiger partial charge is 0.495 e. The van der Waals surface area contributed by atoms with Gasteiger partial charge in [0.15, 0.2) is 0 Å². The molecule has 13 heteroatoms. The van der Waals surface area contributed by atoms with Crippen LogP contribution < -0.4 is 20.7 Å². The summed E-state index contributed by atoms with van der Waals surface area (Å²) < 4.78 is 60.7. The molecule has 1 aliphatic rings. The Morgan fingerprint density at radius 2 is 1.92 bits per heavy atom. The van der Waals surface area contributed by atoms with E-state index >= 15 is 0 Å². The van der Waals surface area contributed by atoms with Gasteiger partial charge in [0, 0.05) is 32.8 Å². The molecule has 10 nitrogen and oxygen atoms in total. The van der Waals surface area contributed by atoms with Crippen molar-refractivity contribution in [3.63, 3.8) is 0 Å². The van der Waals surface area contributed by atoms with Crippen molar-refractivity contribution >= 4 is 33.4 Å². The zero-order chi connectivity index (χ0) is 28.5. The van der Waals surface area contributed by atoms with Crippen LogP contribution in [-0.2, 0) is 22.4 Å². The summed E-state index contributed by atoms with van der Waals surface area (Å²) in [5, 5.41) is 8.59.